The first kappa shape index (κ1) is 34.8. The van der Waals surface area contributed by atoms with Gasteiger partial charge in [-0.3, -0.25) is 9.59 Å². The lowest BCUT2D eigenvalue weighted by molar-refractivity contribution is -0.142. The zero-order chi connectivity index (χ0) is 35.1. The number of carbonyl (C=O) groups is 3. The van der Waals surface area contributed by atoms with E-state index >= 15 is 0 Å². The summed E-state index contributed by atoms with van der Waals surface area (Å²) in [5.41, 5.74) is 2.70. The van der Waals surface area contributed by atoms with Gasteiger partial charge in [0.15, 0.2) is 6.61 Å². The smallest absolute Gasteiger partial charge is 0.326 e. The van der Waals surface area contributed by atoms with Gasteiger partial charge in [0.25, 0.3) is 5.91 Å². The molecule has 2 amide bonds. The maximum absolute atomic E-state index is 13.2. The molecule has 3 saturated carbocycles. The molecule has 1 aromatic heterocycles. The molecule has 0 spiro atoms. The summed E-state index contributed by atoms with van der Waals surface area (Å²) >= 11 is 0. The number of aliphatic hydroxyl groups is 1. The van der Waals surface area contributed by atoms with Crippen LogP contribution in [0.2, 0.25) is 0 Å². The predicted octanol–water partition coefficient (Wildman–Crippen LogP) is 5.12. The van der Waals surface area contributed by atoms with Gasteiger partial charge < -0.3 is 30.7 Å². The minimum atomic E-state index is -1.17. The van der Waals surface area contributed by atoms with Crippen LogP contribution in [0.15, 0.2) is 47.3 Å². The summed E-state index contributed by atoms with van der Waals surface area (Å²) in [6.45, 7) is 7.81. The Bertz CT molecular complexity index is 1720. The first-order valence-corrected chi connectivity index (χ1v) is 17.8. The number of carboxylic acid groups (broad SMARTS) is 1. The fraction of sp³-hybridized carbons (Fsp3) is 0.590. The Balaban J connectivity index is 1.04. The maximum atomic E-state index is 13.2. The highest BCUT2D eigenvalue weighted by atomic mass is 16.6. The van der Waals surface area contributed by atoms with E-state index in [-0.39, 0.29) is 29.8 Å². The molecule has 10 nitrogen and oxygen atoms in total. The van der Waals surface area contributed by atoms with E-state index in [1.54, 1.807) is 20.0 Å². The van der Waals surface area contributed by atoms with E-state index in [0.717, 1.165) is 67.1 Å². The van der Waals surface area contributed by atoms with E-state index in [1.807, 2.05) is 24.3 Å². The Hall–Kier alpha value is -4.10. The molecule has 2 aromatic rings. The van der Waals surface area contributed by atoms with Gasteiger partial charge in [0, 0.05) is 28.9 Å². The van der Waals surface area contributed by atoms with Gasteiger partial charge in [0.1, 0.15) is 17.7 Å². The summed E-state index contributed by atoms with van der Waals surface area (Å²) in [5, 5.41) is 31.7. The predicted molar refractivity (Wildman–Crippen MR) is 187 cm³/mol. The highest BCUT2D eigenvalue weighted by molar-refractivity contribution is 5.96. The fourth-order valence-corrected chi connectivity index (χ4v) is 9.80. The number of rotatable bonds is 10. The number of carboxylic acids is 1. The van der Waals surface area contributed by atoms with Gasteiger partial charge in [-0.25, -0.2) is 4.79 Å². The van der Waals surface area contributed by atoms with Crippen LogP contribution in [0.3, 0.4) is 0 Å². The lowest BCUT2D eigenvalue weighted by Crippen LogP contribution is -2.54. The van der Waals surface area contributed by atoms with Crippen LogP contribution in [0.1, 0.15) is 84.6 Å². The summed E-state index contributed by atoms with van der Waals surface area (Å²) in [6, 6.07) is 5.45. The molecule has 262 valence electrons. The Morgan fingerprint density at radius 3 is 2.57 bits per heavy atom. The first-order chi connectivity index (χ1) is 23.3. The first-order valence-electron chi connectivity index (χ1n) is 17.8. The van der Waals surface area contributed by atoms with Crippen molar-refractivity contribution in [2.24, 2.45) is 39.7 Å². The van der Waals surface area contributed by atoms with Crippen molar-refractivity contribution < 1.29 is 29.4 Å². The lowest BCUT2D eigenvalue weighted by atomic mass is 9.46. The molecule has 0 unspecified atom stereocenters. The Labute approximate surface area is 288 Å². The molecule has 0 aliphatic heterocycles. The molecule has 4 aliphatic rings. The number of nitrogens with zero attached hydrogens (tertiary/aromatic N) is 1. The molecule has 1 aromatic carbocycles. The van der Waals surface area contributed by atoms with Crippen LogP contribution in [0.25, 0.3) is 10.9 Å². The number of nitrogens with one attached hydrogen (secondary N) is 3. The minimum absolute atomic E-state index is 0.0668. The van der Waals surface area contributed by atoms with E-state index in [0.29, 0.717) is 24.2 Å². The molecule has 49 heavy (non-hydrogen) atoms. The monoisotopic (exact) mass is 670 g/mol. The van der Waals surface area contributed by atoms with E-state index in [2.05, 4.69) is 46.6 Å². The highest BCUT2D eigenvalue weighted by Gasteiger charge is 2.63. The van der Waals surface area contributed by atoms with Crippen molar-refractivity contribution in [3.63, 3.8) is 0 Å². The van der Waals surface area contributed by atoms with Crippen LogP contribution < -0.4 is 10.6 Å². The normalized spacial score (nSPS) is 32.6. The third-order valence-corrected chi connectivity index (χ3v) is 12.7. The summed E-state index contributed by atoms with van der Waals surface area (Å²) in [4.78, 5) is 46.9. The highest BCUT2D eigenvalue weighted by Crippen LogP contribution is 2.67. The number of hydrogen-bond donors (Lipinski definition) is 5. The SMILES string of the molecule is C#C[C@@]1(O)CC[C@H]2[C@@H]3CCC4=C/C(=N/OCC(=O)N[C@H](C(=O)N[C@@H](Cc5c[nH]c6ccccc56)C(=O)O)C(C)C)CC[C@]4(C)[C@H]3CC[C@@]21C. The molecular formula is C39H50N4O6. The van der Waals surface area contributed by atoms with Crippen molar-refractivity contribution in [1.29, 1.82) is 0 Å². The number of terminal acetylenes is 1. The van der Waals surface area contributed by atoms with Gasteiger partial charge in [0.2, 0.25) is 5.91 Å². The standard InChI is InChI=1S/C39H50N4O6/c1-6-39(48)18-15-30-28-12-11-25-20-26(13-16-37(25,4)29(28)14-17-38(30,39)5)43-49-22-33(44)42-34(23(2)3)35(45)41-32(36(46)47)19-24-21-40-31-10-8-7-9-27(24)31/h1,7-10,20-21,23,28-30,32,34,40,48H,11-19,22H2,2-5H3,(H,41,45)(H,42,44)(H,46,47)/b43-26+/t28-,29+,30+,32+,34+,37+,38+,39-/m1/s1. The zero-order valence-electron chi connectivity index (χ0n) is 29.1. The molecule has 10 heteroatoms. The third-order valence-electron chi connectivity index (χ3n) is 12.7. The number of aliphatic carboxylic acids is 1. The number of amides is 2. The van der Waals surface area contributed by atoms with Crippen molar-refractivity contribution in [1.82, 2.24) is 15.6 Å². The second kappa shape index (κ2) is 13.3. The van der Waals surface area contributed by atoms with E-state index in [1.165, 1.54) is 5.57 Å². The van der Waals surface area contributed by atoms with Crippen molar-refractivity contribution >= 4 is 34.4 Å². The Morgan fingerprint density at radius 1 is 1.08 bits per heavy atom. The van der Waals surface area contributed by atoms with Crippen LogP contribution >= 0.6 is 0 Å². The van der Waals surface area contributed by atoms with Crippen molar-refractivity contribution in [2.75, 3.05) is 6.61 Å². The summed E-state index contributed by atoms with van der Waals surface area (Å²) in [7, 11) is 0. The molecule has 0 saturated heterocycles. The average Bonchev–Trinajstić information content (AvgIpc) is 3.60. The quantitative estimate of drug-likeness (QED) is 0.175. The number of para-hydroxylation sites is 1. The number of aromatic nitrogens is 1. The van der Waals surface area contributed by atoms with Crippen LogP contribution in [0.4, 0.5) is 0 Å². The van der Waals surface area contributed by atoms with E-state index in [9.17, 15) is 24.6 Å². The van der Waals surface area contributed by atoms with Gasteiger partial charge >= 0.3 is 5.97 Å². The van der Waals surface area contributed by atoms with E-state index < -0.39 is 35.5 Å². The molecule has 5 N–H and O–H groups in total. The number of carbonyl (C=O) groups excluding carboxylic acids is 2. The van der Waals surface area contributed by atoms with Gasteiger partial charge in [-0.05, 0) is 98.2 Å². The third kappa shape index (κ3) is 6.27. The number of oxime groups is 1. The Morgan fingerprint density at radius 2 is 1.84 bits per heavy atom. The molecule has 6 rings (SSSR count). The topological polar surface area (TPSA) is 153 Å². The summed E-state index contributed by atoms with van der Waals surface area (Å²) in [5.74, 6) is 1.76. The number of benzene rings is 1. The van der Waals surface area contributed by atoms with Gasteiger partial charge in [-0.2, -0.15) is 0 Å². The number of hydrogen-bond acceptors (Lipinski definition) is 6. The molecule has 3 fully saturated rings. The van der Waals surface area contributed by atoms with Crippen LogP contribution in [0, 0.1) is 46.8 Å². The largest absolute Gasteiger partial charge is 0.480 e. The van der Waals surface area contributed by atoms with Gasteiger partial charge in [-0.1, -0.05) is 62.5 Å². The molecule has 0 bridgehead atoms. The lowest BCUT2D eigenvalue weighted by Gasteiger charge is -2.58. The molecule has 8 atom stereocenters. The van der Waals surface area contributed by atoms with E-state index in [4.69, 9.17) is 11.3 Å². The van der Waals surface area contributed by atoms with Crippen LogP contribution in [-0.4, -0.2) is 63.0 Å². The zero-order valence-corrected chi connectivity index (χ0v) is 29.1. The molecular weight excluding hydrogens is 620 g/mol. The Kier molecular flexibility index (Phi) is 9.44. The van der Waals surface area contributed by atoms with Gasteiger partial charge in [-0.15, -0.1) is 6.42 Å². The van der Waals surface area contributed by atoms with Crippen molar-refractivity contribution in [3.05, 3.63) is 47.7 Å². The van der Waals surface area contributed by atoms with Crippen LogP contribution in [-0.2, 0) is 25.6 Å². The number of allylic oxidation sites excluding steroid dienone is 2. The molecule has 4 aliphatic carbocycles. The second-order valence-electron chi connectivity index (χ2n) is 15.6. The summed E-state index contributed by atoms with van der Waals surface area (Å²) < 4.78 is 0. The van der Waals surface area contributed by atoms with Gasteiger partial charge in [0.05, 0.1) is 5.71 Å². The summed E-state index contributed by atoms with van der Waals surface area (Å²) in [6.07, 6.45) is 17.3. The van der Waals surface area contributed by atoms with Crippen molar-refractivity contribution in [3.8, 4) is 12.3 Å². The average molecular weight is 671 g/mol. The maximum Gasteiger partial charge on any atom is 0.326 e. The molecule has 0 radical (unpaired) electrons. The number of fused-ring (bicyclic) bond motifs is 6. The minimum Gasteiger partial charge on any atom is -0.480 e. The number of H-pyrrole nitrogens is 1. The van der Waals surface area contributed by atoms with Crippen LogP contribution in [0.5, 0.6) is 0 Å². The number of aromatic amines is 1. The fourth-order valence-electron chi connectivity index (χ4n) is 9.80. The molecule has 1 heterocycles. The van der Waals surface area contributed by atoms with Crippen molar-refractivity contribution in [2.45, 2.75) is 103 Å². The second-order valence-corrected chi connectivity index (χ2v) is 15.6.